The number of carbonyl (C=O) groups excluding carboxylic acids is 1. The highest BCUT2D eigenvalue weighted by Crippen LogP contribution is 2.39. The van der Waals surface area contributed by atoms with E-state index in [4.69, 9.17) is 10.5 Å². The molecule has 2 heterocycles. The van der Waals surface area contributed by atoms with Gasteiger partial charge in [0.15, 0.2) is 5.82 Å². The minimum absolute atomic E-state index is 0.120. The Labute approximate surface area is 220 Å². The van der Waals surface area contributed by atoms with E-state index in [2.05, 4.69) is 10.1 Å². The second-order valence-corrected chi connectivity index (χ2v) is 9.77. The van der Waals surface area contributed by atoms with Crippen LogP contribution in [0.15, 0.2) is 59.8 Å². The van der Waals surface area contributed by atoms with Crippen molar-refractivity contribution in [2.75, 3.05) is 16.6 Å². The number of halogens is 4. The first kappa shape index (κ1) is 27.6. The molecule has 14 heteroatoms. The number of amides is 1. The average molecular weight is 564 g/mol. The summed E-state index contributed by atoms with van der Waals surface area (Å²) in [5, 5.41) is 4.24. The van der Waals surface area contributed by atoms with Gasteiger partial charge in [-0.1, -0.05) is 0 Å². The first-order valence-corrected chi connectivity index (χ1v) is 12.9. The number of carbonyl (C=O) groups is 1. The van der Waals surface area contributed by atoms with E-state index in [1.165, 1.54) is 36.1 Å². The zero-order chi connectivity index (χ0) is 28.5. The van der Waals surface area contributed by atoms with Gasteiger partial charge >= 0.3 is 6.09 Å². The number of nitrogen functional groups attached to an aromatic ring is 1. The summed E-state index contributed by atoms with van der Waals surface area (Å²) in [5.41, 5.74) is 4.37. The van der Waals surface area contributed by atoms with Crippen LogP contribution in [0.2, 0.25) is 0 Å². The first-order valence-electron chi connectivity index (χ1n) is 11.4. The second kappa shape index (κ2) is 10.7. The fraction of sp³-hybridized carbons (Fsp3) is 0.160. The van der Waals surface area contributed by atoms with Crippen LogP contribution in [0.1, 0.15) is 13.8 Å². The maximum absolute atomic E-state index is 16.2. The number of sulfonamides is 1. The Morgan fingerprint density at radius 3 is 2.44 bits per heavy atom. The van der Waals surface area contributed by atoms with Gasteiger partial charge in [-0.3, -0.25) is 4.68 Å². The minimum Gasteiger partial charge on any atom is -0.449 e. The third-order valence-corrected chi connectivity index (χ3v) is 7.24. The smallest absolute Gasteiger partial charge is 0.428 e. The summed E-state index contributed by atoms with van der Waals surface area (Å²) in [6.07, 6.45) is 1.25. The molecule has 4 rings (SSSR count). The summed E-state index contributed by atoms with van der Waals surface area (Å²) >= 11 is 0. The number of ether oxygens (including phenoxy) is 1. The van der Waals surface area contributed by atoms with E-state index in [1.807, 2.05) is 0 Å². The van der Waals surface area contributed by atoms with Crippen LogP contribution in [0.3, 0.4) is 0 Å². The van der Waals surface area contributed by atoms with Crippen molar-refractivity contribution in [2.45, 2.75) is 25.3 Å². The zero-order valence-corrected chi connectivity index (χ0v) is 21.3. The highest BCUT2D eigenvalue weighted by Gasteiger charge is 2.38. The van der Waals surface area contributed by atoms with E-state index < -0.39 is 55.5 Å². The number of pyridine rings is 1. The van der Waals surface area contributed by atoms with E-state index in [1.54, 1.807) is 6.92 Å². The van der Waals surface area contributed by atoms with Crippen molar-refractivity contribution in [2.24, 2.45) is 0 Å². The van der Waals surface area contributed by atoms with Crippen LogP contribution in [-0.4, -0.2) is 35.9 Å². The third-order valence-electron chi connectivity index (χ3n) is 5.55. The summed E-state index contributed by atoms with van der Waals surface area (Å²) in [5.74, 6) is -5.08. The number of anilines is 2. The summed E-state index contributed by atoms with van der Waals surface area (Å²) in [7, 11) is -5.30. The lowest BCUT2D eigenvalue weighted by molar-refractivity contribution is 0.164. The van der Waals surface area contributed by atoms with Gasteiger partial charge in [0.1, 0.15) is 39.5 Å². The van der Waals surface area contributed by atoms with Gasteiger partial charge in [0.05, 0.1) is 12.2 Å². The van der Waals surface area contributed by atoms with Gasteiger partial charge in [-0.05, 0) is 61.9 Å². The number of nitrogens with zero attached hydrogens (tertiary/aromatic N) is 4. The van der Waals surface area contributed by atoms with Gasteiger partial charge in [0, 0.05) is 24.5 Å². The fourth-order valence-corrected chi connectivity index (χ4v) is 5.21. The molecule has 0 bridgehead atoms. The molecule has 2 aromatic heterocycles. The number of nitrogens with two attached hydrogens (primary N) is 1. The number of benzene rings is 2. The second-order valence-electron chi connectivity index (χ2n) is 8.02. The van der Waals surface area contributed by atoms with Crippen molar-refractivity contribution in [3.8, 4) is 22.4 Å². The number of rotatable bonds is 7. The Balaban J connectivity index is 1.99. The van der Waals surface area contributed by atoms with Crippen molar-refractivity contribution in [3.05, 3.63) is 78.1 Å². The number of aryl methyl sites for hydroxylation is 1. The quantitative estimate of drug-likeness (QED) is 0.310. The van der Waals surface area contributed by atoms with Crippen LogP contribution in [0.4, 0.5) is 33.9 Å². The van der Waals surface area contributed by atoms with Gasteiger partial charge < -0.3 is 10.5 Å². The molecular formula is C25H21F4N5O4S. The molecular weight excluding hydrogens is 542 g/mol. The topological polar surface area (TPSA) is 120 Å². The predicted octanol–water partition coefficient (Wildman–Crippen LogP) is 5.12. The molecule has 0 saturated carbocycles. The molecule has 0 aliphatic rings. The maximum Gasteiger partial charge on any atom is 0.428 e. The Kier molecular flexibility index (Phi) is 7.58. The third kappa shape index (κ3) is 5.14. The standard InChI is InChI=1S/C25H21F4N5O4S/c1-3-33-13-16(14-9-10-31-21(30)11-14)24(32-33)22-18(28)7-8-19(23(22)29)34(25(35)38-4-2)39(36,37)20-12-15(26)5-6-17(20)27/h5-13H,3-4H2,1-2H3,(H2,30,31). The van der Waals surface area contributed by atoms with Crippen molar-refractivity contribution < 1.29 is 35.5 Å². The Bertz CT molecular complexity index is 1680. The molecule has 0 aliphatic heterocycles. The van der Waals surface area contributed by atoms with Gasteiger partial charge in [0.25, 0.3) is 10.0 Å². The predicted molar refractivity (Wildman–Crippen MR) is 134 cm³/mol. The molecule has 0 atom stereocenters. The van der Waals surface area contributed by atoms with Crippen molar-refractivity contribution in [1.29, 1.82) is 0 Å². The van der Waals surface area contributed by atoms with Gasteiger partial charge in [-0.15, -0.1) is 0 Å². The zero-order valence-electron chi connectivity index (χ0n) is 20.5. The fourth-order valence-electron chi connectivity index (χ4n) is 3.79. The summed E-state index contributed by atoms with van der Waals surface area (Å²) in [4.78, 5) is 15.5. The molecule has 2 aromatic carbocycles. The van der Waals surface area contributed by atoms with E-state index in [-0.39, 0.29) is 28.0 Å². The van der Waals surface area contributed by atoms with Gasteiger partial charge in [-0.2, -0.15) is 9.40 Å². The van der Waals surface area contributed by atoms with Crippen LogP contribution in [0.5, 0.6) is 0 Å². The molecule has 2 N–H and O–H groups in total. The molecule has 204 valence electrons. The molecule has 9 nitrogen and oxygen atoms in total. The SMILES string of the molecule is CCOC(=O)N(c1ccc(F)c(-c2nn(CC)cc2-c2ccnc(N)c2)c1F)S(=O)(=O)c1cc(F)ccc1F. The normalized spacial score (nSPS) is 11.4. The molecule has 4 aromatic rings. The van der Waals surface area contributed by atoms with Crippen LogP contribution >= 0.6 is 0 Å². The lowest BCUT2D eigenvalue weighted by Crippen LogP contribution is -2.38. The van der Waals surface area contributed by atoms with Crippen molar-refractivity contribution in [3.63, 3.8) is 0 Å². The minimum atomic E-state index is -5.30. The molecule has 1 amide bonds. The van der Waals surface area contributed by atoms with Crippen LogP contribution in [0.25, 0.3) is 22.4 Å². The Hall–Kier alpha value is -4.46. The van der Waals surface area contributed by atoms with Gasteiger partial charge in [0.2, 0.25) is 0 Å². The van der Waals surface area contributed by atoms with E-state index in [0.717, 1.165) is 0 Å². The molecule has 0 saturated heterocycles. The lowest BCUT2D eigenvalue weighted by atomic mass is 10.0. The van der Waals surface area contributed by atoms with E-state index >= 15 is 8.78 Å². The monoisotopic (exact) mass is 563 g/mol. The first-order chi connectivity index (χ1) is 18.5. The molecule has 0 aliphatic carbocycles. The van der Waals surface area contributed by atoms with E-state index in [9.17, 15) is 22.0 Å². The maximum atomic E-state index is 16.2. The number of aromatic nitrogens is 3. The van der Waals surface area contributed by atoms with Crippen molar-refractivity contribution >= 4 is 27.6 Å². The molecule has 0 unspecified atom stereocenters. The summed E-state index contributed by atoms with van der Waals surface area (Å²) in [6, 6.07) is 5.88. The molecule has 39 heavy (non-hydrogen) atoms. The van der Waals surface area contributed by atoms with Gasteiger partial charge in [-0.25, -0.2) is 35.8 Å². The lowest BCUT2D eigenvalue weighted by Gasteiger charge is -2.23. The highest BCUT2D eigenvalue weighted by atomic mass is 32.2. The van der Waals surface area contributed by atoms with Crippen molar-refractivity contribution in [1.82, 2.24) is 14.8 Å². The molecule has 0 fully saturated rings. The molecule has 0 radical (unpaired) electrons. The van der Waals surface area contributed by atoms with Crippen LogP contribution < -0.4 is 10.0 Å². The Morgan fingerprint density at radius 2 is 1.77 bits per heavy atom. The van der Waals surface area contributed by atoms with Crippen LogP contribution in [0, 0.1) is 23.3 Å². The summed E-state index contributed by atoms with van der Waals surface area (Å²) < 4.78 is 92.6. The average Bonchev–Trinajstić information content (AvgIpc) is 3.31. The highest BCUT2D eigenvalue weighted by molar-refractivity contribution is 7.93. The molecule has 0 spiro atoms. The number of hydrogen-bond donors (Lipinski definition) is 1. The largest absolute Gasteiger partial charge is 0.449 e. The van der Waals surface area contributed by atoms with E-state index in [0.29, 0.717) is 42.4 Å². The number of hydrogen-bond acceptors (Lipinski definition) is 7. The van der Waals surface area contributed by atoms with Crippen LogP contribution in [-0.2, 0) is 21.3 Å². The Morgan fingerprint density at radius 1 is 1.05 bits per heavy atom. The summed E-state index contributed by atoms with van der Waals surface area (Å²) in [6.45, 7) is 3.04.